The van der Waals surface area contributed by atoms with Crippen molar-refractivity contribution in [1.82, 2.24) is 15.5 Å². The van der Waals surface area contributed by atoms with Gasteiger partial charge in [0.1, 0.15) is 5.60 Å². The van der Waals surface area contributed by atoms with E-state index in [9.17, 15) is 9.59 Å². The quantitative estimate of drug-likeness (QED) is 0.192. The minimum atomic E-state index is -0.489. The first-order chi connectivity index (χ1) is 12.3. The summed E-state index contributed by atoms with van der Waals surface area (Å²) in [6.45, 7) is 11.0. The molecule has 1 saturated heterocycles. The fraction of sp³-hybridized carbons (Fsp3) is 0.833. The number of guanidine groups is 1. The number of amides is 1. The zero-order valence-electron chi connectivity index (χ0n) is 17.2. The topological polar surface area (TPSA) is 92.3 Å². The summed E-state index contributed by atoms with van der Waals surface area (Å²) in [4.78, 5) is 30.0. The molecule has 8 nitrogen and oxygen atoms in total. The lowest BCUT2D eigenvalue weighted by molar-refractivity contribution is -0.146. The molecule has 1 aliphatic heterocycles. The summed E-state index contributed by atoms with van der Waals surface area (Å²) >= 11 is 0. The molecule has 1 amide bonds. The number of methoxy groups -OCH3 is 1. The van der Waals surface area contributed by atoms with Crippen molar-refractivity contribution in [3.05, 3.63) is 0 Å². The maximum atomic E-state index is 11.6. The summed E-state index contributed by atoms with van der Waals surface area (Å²) in [5.41, 5.74) is -0.489. The van der Waals surface area contributed by atoms with E-state index in [2.05, 4.69) is 20.5 Å². The van der Waals surface area contributed by atoms with Crippen molar-refractivity contribution in [2.45, 2.75) is 52.6 Å². The first-order valence-corrected chi connectivity index (χ1v) is 9.34. The smallest absolute Gasteiger partial charge is 0.407 e. The molecule has 0 spiro atoms. The minimum Gasteiger partial charge on any atom is -0.469 e. The number of hydrogen-bond donors (Lipinski definition) is 2. The Bertz CT molecular complexity index is 486. The Balaban J connectivity index is 0.00000676. The lowest BCUT2D eigenvalue weighted by Crippen LogP contribution is -2.46. The van der Waals surface area contributed by atoms with E-state index < -0.39 is 11.7 Å². The summed E-state index contributed by atoms with van der Waals surface area (Å²) in [6, 6.07) is 0. The van der Waals surface area contributed by atoms with Crippen LogP contribution in [-0.4, -0.2) is 68.4 Å². The van der Waals surface area contributed by atoms with Gasteiger partial charge in [-0.2, -0.15) is 0 Å². The van der Waals surface area contributed by atoms with Gasteiger partial charge in [-0.1, -0.05) is 0 Å². The minimum absolute atomic E-state index is 0. The maximum Gasteiger partial charge on any atom is 0.407 e. The fourth-order valence-electron chi connectivity index (χ4n) is 2.69. The molecule has 0 aromatic rings. The number of nitrogens with zero attached hydrogens (tertiary/aromatic N) is 2. The van der Waals surface area contributed by atoms with Crippen LogP contribution in [0.25, 0.3) is 0 Å². The molecular weight excluding hydrogens is 463 g/mol. The average Bonchev–Trinajstić information content (AvgIpc) is 2.58. The molecule has 1 heterocycles. The average molecular weight is 498 g/mol. The Morgan fingerprint density at radius 1 is 1.19 bits per heavy atom. The third kappa shape index (κ3) is 10.6. The van der Waals surface area contributed by atoms with Crippen molar-refractivity contribution >= 4 is 42.0 Å². The van der Waals surface area contributed by atoms with Crippen molar-refractivity contribution in [3.63, 3.8) is 0 Å². The van der Waals surface area contributed by atoms with Gasteiger partial charge in [0.05, 0.1) is 13.0 Å². The van der Waals surface area contributed by atoms with Crippen LogP contribution in [0.3, 0.4) is 0 Å². The molecular formula is C18H35IN4O4. The summed E-state index contributed by atoms with van der Waals surface area (Å²) in [7, 11) is 1.44. The molecule has 1 rings (SSSR count). The van der Waals surface area contributed by atoms with E-state index in [1.807, 2.05) is 27.7 Å². The number of halogens is 1. The molecule has 0 radical (unpaired) electrons. The molecule has 0 unspecified atom stereocenters. The Labute approximate surface area is 179 Å². The third-order valence-electron chi connectivity index (χ3n) is 3.93. The predicted molar refractivity (Wildman–Crippen MR) is 117 cm³/mol. The van der Waals surface area contributed by atoms with Gasteiger partial charge < -0.3 is 25.0 Å². The largest absolute Gasteiger partial charge is 0.469 e. The van der Waals surface area contributed by atoms with Crippen molar-refractivity contribution in [2.24, 2.45) is 10.9 Å². The highest BCUT2D eigenvalue weighted by molar-refractivity contribution is 14.0. The number of likely N-dealkylation sites (tertiary alicyclic amines) is 1. The van der Waals surface area contributed by atoms with E-state index in [1.54, 1.807) is 0 Å². The lowest BCUT2D eigenvalue weighted by Gasteiger charge is -2.33. The molecule has 1 fully saturated rings. The number of nitrogens with one attached hydrogen (secondary N) is 2. The third-order valence-corrected chi connectivity index (χ3v) is 3.93. The van der Waals surface area contributed by atoms with Crippen LogP contribution >= 0.6 is 24.0 Å². The number of ether oxygens (including phenoxy) is 2. The predicted octanol–water partition coefficient (Wildman–Crippen LogP) is 2.37. The summed E-state index contributed by atoms with van der Waals surface area (Å²) < 4.78 is 10.0. The Hall–Kier alpha value is -1.26. The number of alkyl carbamates (subject to hydrolysis) is 1. The van der Waals surface area contributed by atoms with Crippen LogP contribution in [0.2, 0.25) is 0 Å². The highest BCUT2D eigenvalue weighted by Crippen LogP contribution is 2.18. The van der Waals surface area contributed by atoms with Gasteiger partial charge in [-0.05, 0) is 47.0 Å². The fourth-order valence-corrected chi connectivity index (χ4v) is 2.69. The number of carbonyl (C=O) groups is 2. The lowest BCUT2D eigenvalue weighted by atomic mass is 9.97. The van der Waals surface area contributed by atoms with Crippen molar-refractivity contribution in [1.29, 1.82) is 0 Å². The van der Waals surface area contributed by atoms with Crippen LogP contribution < -0.4 is 10.6 Å². The molecule has 0 atom stereocenters. The molecule has 9 heteroatoms. The second-order valence-corrected chi connectivity index (χ2v) is 7.30. The van der Waals surface area contributed by atoms with E-state index >= 15 is 0 Å². The molecule has 2 N–H and O–H groups in total. The van der Waals surface area contributed by atoms with Crippen LogP contribution in [0.15, 0.2) is 4.99 Å². The van der Waals surface area contributed by atoms with E-state index in [1.165, 1.54) is 7.11 Å². The summed E-state index contributed by atoms with van der Waals surface area (Å²) in [5.74, 6) is 0.713. The second-order valence-electron chi connectivity index (χ2n) is 7.30. The first-order valence-electron chi connectivity index (χ1n) is 9.34. The van der Waals surface area contributed by atoms with Gasteiger partial charge in [-0.15, -0.1) is 24.0 Å². The van der Waals surface area contributed by atoms with Crippen molar-refractivity contribution in [2.75, 3.05) is 39.8 Å². The van der Waals surface area contributed by atoms with Gasteiger partial charge in [0.2, 0.25) is 0 Å². The number of rotatable bonds is 6. The van der Waals surface area contributed by atoms with Gasteiger partial charge in [-0.25, -0.2) is 4.79 Å². The van der Waals surface area contributed by atoms with Gasteiger partial charge in [0.25, 0.3) is 0 Å². The monoisotopic (exact) mass is 498 g/mol. The zero-order chi connectivity index (χ0) is 19.6. The molecule has 27 heavy (non-hydrogen) atoms. The van der Waals surface area contributed by atoms with Crippen LogP contribution in [0.1, 0.15) is 47.0 Å². The molecule has 0 aliphatic carbocycles. The number of hydrogen-bond acceptors (Lipinski definition) is 5. The first kappa shape index (κ1) is 25.7. The molecule has 158 valence electrons. The molecule has 0 aromatic heterocycles. The van der Waals surface area contributed by atoms with Crippen LogP contribution in [0.5, 0.6) is 0 Å². The van der Waals surface area contributed by atoms with Gasteiger partial charge in [0.15, 0.2) is 5.96 Å². The van der Waals surface area contributed by atoms with Crippen LogP contribution in [0, 0.1) is 5.92 Å². The molecule has 0 saturated carbocycles. The van der Waals surface area contributed by atoms with Gasteiger partial charge >= 0.3 is 12.1 Å². The molecule has 0 bridgehead atoms. The summed E-state index contributed by atoms with van der Waals surface area (Å²) in [5, 5.41) is 6.02. The van der Waals surface area contributed by atoms with E-state index in [0.29, 0.717) is 13.1 Å². The number of aliphatic imine (C=N–C) groups is 1. The zero-order valence-corrected chi connectivity index (χ0v) is 19.5. The Morgan fingerprint density at radius 2 is 1.81 bits per heavy atom. The number of esters is 1. The van der Waals surface area contributed by atoms with Crippen LogP contribution in [-0.2, 0) is 14.3 Å². The van der Waals surface area contributed by atoms with Gasteiger partial charge in [0, 0.05) is 32.7 Å². The van der Waals surface area contributed by atoms with Gasteiger partial charge in [-0.3, -0.25) is 9.79 Å². The molecule has 1 aliphatic rings. The van der Waals surface area contributed by atoms with Crippen molar-refractivity contribution in [3.8, 4) is 0 Å². The Kier molecular flexibility index (Phi) is 12.4. The standard InChI is InChI=1S/C18H34N4O4.HI/c1-6-19-16(22-12-8-14(9-13-22)15(23)25-5)20-10-7-11-21-17(24)26-18(2,3)4;/h14H,6-13H2,1-5H3,(H,19,20)(H,21,24);1H. The highest BCUT2D eigenvalue weighted by atomic mass is 127. The Morgan fingerprint density at radius 3 is 2.33 bits per heavy atom. The molecule has 0 aromatic carbocycles. The van der Waals surface area contributed by atoms with E-state index in [-0.39, 0.29) is 35.9 Å². The number of piperidine rings is 1. The summed E-state index contributed by atoms with van der Waals surface area (Å²) in [6.07, 6.45) is 1.87. The number of carbonyl (C=O) groups excluding carboxylic acids is 2. The van der Waals surface area contributed by atoms with Crippen molar-refractivity contribution < 1.29 is 19.1 Å². The van der Waals surface area contributed by atoms with E-state index in [0.717, 1.165) is 44.9 Å². The normalized spacial score (nSPS) is 15.6. The second kappa shape index (κ2) is 13.0. The van der Waals surface area contributed by atoms with Crippen LogP contribution in [0.4, 0.5) is 4.79 Å². The SMILES string of the molecule is CCNC(=NCCCNC(=O)OC(C)(C)C)N1CCC(C(=O)OC)CC1.I. The highest BCUT2D eigenvalue weighted by Gasteiger charge is 2.26. The maximum absolute atomic E-state index is 11.6. The van der Waals surface area contributed by atoms with E-state index in [4.69, 9.17) is 9.47 Å².